The summed E-state index contributed by atoms with van der Waals surface area (Å²) in [6.07, 6.45) is 6.40. The number of benzene rings is 1. The van der Waals surface area contributed by atoms with Gasteiger partial charge in [-0.3, -0.25) is 0 Å². The normalized spacial score (nSPS) is 12.0. The quantitative estimate of drug-likeness (QED) is 0.489. The zero-order chi connectivity index (χ0) is 18.2. The Morgan fingerprint density at radius 2 is 1.58 bits per heavy atom. The standard InChI is InChI=1S/C17H29N.C5H12O/c1-5-6-16(10-7-14(2)3)17-11-8-15(9-12-17)13-18-4;1-3-5-6-4-2/h8-9,11-12,14,16,18H,5-7,10,13H2,1-4H3;3-5H2,1-2H3. The van der Waals surface area contributed by atoms with Crippen molar-refractivity contribution < 1.29 is 4.74 Å². The van der Waals surface area contributed by atoms with Crippen LogP contribution in [0, 0.1) is 5.92 Å². The Balaban J connectivity index is 0.000000754. The van der Waals surface area contributed by atoms with Crippen LogP contribution in [0.15, 0.2) is 24.3 Å². The van der Waals surface area contributed by atoms with Crippen LogP contribution in [0.25, 0.3) is 0 Å². The van der Waals surface area contributed by atoms with Gasteiger partial charge in [-0.2, -0.15) is 0 Å². The van der Waals surface area contributed by atoms with E-state index in [0.29, 0.717) is 0 Å². The summed E-state index contributed by atoms with van der Waals surface area (Å²) < 4.78 is 4.98. The van der Waals surface area contributed by atoms with Crippen LogP contribution in [0.2, 0.25) is 0 Å². The highest BCUT2D eigenvalue weighted by atomic mass is 16.5. The Morgan fingerprint density at radius 1 is 0.917 bits per heavy atom. The van der Waals surface area contributed by atoms with Gasteiger partial charge >= 0.3 is 0 Å². The van der Waals surface area contributed by atoms with Gasteiger partial charge in [0.1, 0.15) is 0 Å². The lowest BCUT2D eigenvalue weighted by Crippen LogP contribution is -2.06. The molecule has 0 heterocycles. The summed E-state index contributed by atoms with van der Waals surface area (Å²) in [6.45, 7) is 13.8. The maximum Gasteiger partial charge on any atom is 0.0463 e. The van der Waals surface area contributed by atoms with E-state index in [-0.39, 0.29) is 0 Å². The van der Waals surface area contributed by atoms with E-state index < -0.39 is 0 Å². The van der Waals surface area contributed by atoms with Crippen molar-refractivity contribution in [2.45, 2.75) is 79.2 Å². The number of nitrogens with one attached hydrogen (secondary N) is 1. The fraction of sp³-hybridized carbons (Fsp3) is 0.727. The molecule has 0 aliphatic carbocycles. The lowest BCUT2D eigenvalue weighted by atomic mass is 9.87. The predicted molar refractivity (Wildman–Crippen MR) is 108 cm³/mol. The van der Waals surface area contributed by atoms with Crippen LogP contribution in [0.1, 0.15) is 83.8 Å². The summed E-state index contributed by atoms with van der Waals surface area (Å²) in [5.74, 6) is 1.56. The van der Waals surface area contributed by atoms with E-state index in [4.69, 9.17) is 4.74 Å². The van der Waals surface area contributed by atoms with Gasteiger partial charge in [-0.05, 0) is 56.2 Å². The molecule has 1 atom stereocenters. The minimum atomic E-state index is 0.751. The number of hydrogen-bond acceptors (Lipinski definition) is 2. The van der Waals surface area contributed by atoms with E-state index in [1.165, 1.54) is 36.8 Å². The van der Waals surface area contributed by atoms with Gasteiger partial charge in [0.2, 0.25) is 0 Å². The molecule has 24 heavy (non-hydrogen) atoms. The van der Waals surface area contributed by atoms with Crippen molar-refractivity contribution in [3.8, 4) is 0 Å². The van der Waals surface area contributed by atoms with Gasteiger partial charge in [0.15, 0.2) is 0 Å². The van der Waals surface area contributed by atoms with Crippen molar-refractivity contribution in [3.05, 3.63) is 35.4 Å². The maximum absolute atomic E-state index is 4.98. The van der Waals surface area contributed by atoms with Crippen LogP contribution >= 0.6 is 0 Å². The SMILES string of the molecule is CCCC(CCC(C)C)c1ccc(CNC)cc1.CCCOCC. The molecule has 0 aliphatic heterocycles. The first-order chi connectivity index (χ1) is 11.6. The topological polar surface area (TPSA) is 21.3 Å². The van der Waals surface area contributed by atoms with E-state index in [0.717, 1.165) is 38.0 Å². The first-order valence-electron chi connectivity index (χ1n) is 9.90. The number of ether oxygens (including phenoxy) is 1. The minimum Gasteiger partial charge on any atom is -0.382 e. The summed E-state index contributed by atoms with van der Waals surface area (Å²) >= 11 is 0. The second kappa shape index (κ2) is 15.7. The molecule has 0 spiro atoms. The highest BCUT2D eigenvalue weighted by molar-refractivity contribution is 5.25. The molecule has 0 saturated carbocycles. The van der Waals surface area contributed by atoms with Gasteiger partial charge in [-0.1, -0.05) is 64.8 Å². The van der Waals surface area contributed by atoms with E-state index in [2.05, 4.69) is 57.3 Å². The molecule has 0 amide bonds. The molecular formula is C22H41NO. The minimum absolute atomic E-state index is 0.751. The van der Waals surface area contributed by atoms with Gasteiger partial charge in [-0.15, -0.1) is 0 Å². The van der Waals surface area contributed by atoms with Gasteiger partial charge in [-0.25, -0.2) is 0 Å². The molecule has 1 N–H and O–H groups in total. The fourth-order valence-corrected chi connectivity index (χ4v) is 2.76. The molecule has 1 unspecified atom stereocenters. The summed E-state index contributed by atoms with van der Waals surface area (Å²) in [6, 6.07) is 9.19. The fourth-order valence-electron chi connectivity index (χ4n) is 2.76. The second-order valence-corrected chi connectivity index (χ2v) is 6.93. The monoisotopic (exact) mass is 335 g/mol. The van der Waals surface area contributed by atoms with Crippen molar-refractivity contribution in [1.82, 2.24) is 5.32 Å². The molecule has 0 aliphatic rings. The summed E-state index contributed by atoms with van der Waals surface area (Å²) in [5.41, 5.74) is 2.90. The van der Waals surface area contributed by atoms with Crippen LogP contribution in [0.4, 0.5) is 0 Å². The third-order valence-corrected chi connectivity index (χ3v) is 4.11. The van der Waals surface area contributed by atoms with Crippen LogP contribution in [-0.2, 0) is 11.3 Å². The Bertz CT molecular complexity index is 368. The van der Waals surface area contributed by atoms with Crippen molar-refractivity contribution in [2.75, 3.05) is 20.3 Å². The largest absolute Gasteiger partial charge is 0.382 e. The van der Waals surface area contributed by atoms with Gasteiger partial charge in [0.25, 0.3) is 0 Å². The van der Waals surface area contributed by atoms with Crippen molar-refractivity contribution in [2.24, 2.45) is 5.92 Å². The van der Waals surface area contributed by atoms with Crippen LogP contribution < -0.4 is 5.32 Å². The highest BCUT2D eigenvalue weighted by Crippen LogP contribution is 2.28. The molecule has 2 heteroatoms. The molecular weight excluding hydrogens is 294 g/mol. The zero-order valence-corrected chi connectivity index (χ0v) is 17.0. The predicted octanol–water partition coefficient (Wildman–Crippen LogP) is 6.16. The highest BCUT2D eigenvalue weighted by Gasteiger charge is 2.11. The van der Waals surface area contributed by atoms with Crippen molar-refractivity contribution in [1.29, 1.82) is 0 Å². The first-order valence-corrected chi connectivity index (χ1v) is 9.90. The van der Waals surface area contributed by atoms with E-state index in [1.807, 2.05) is 14.0 Å². The third kappa shape index (κ3) is 11.6. The lowest BCUT2D eigenvalue weighted by molar-refractivity contribution is 0.148. The van der Waals surface area contributed by atoms with E-state index in [1.54, 1.807) is 0 Å². The summed E-state index contributed by atoms with van der Waals surface area (Å²) in [5, 5.41) is 3.20. The lowest BCUT2D eigenvalue weighted by Gasteiger charge is -2.18. The molecule has 1 rings (SSSR count). The van der Waals surface area contributed by atoms with Crippen LogP contribution in [-0.4, -0.2) is 20.3 Å². The smallest absolute Gasteiger partial charge is 0.0463 e. The Kier molecular flexibility index (Phi) is 15.1. The second-order valence-electron chi connectivity index (χ2n) is 6.93. The van der Waals surface area contributed by atoms with Crippen LogP contribution in [0.3, 0.4) is 0 Å². The number of hydrogen-bond donors (Lipinski definition) is 1. The zero-order valence-electron chi connectivity index (χ0n) is 17.0. The van der Waals surface area contributed by atoms with E-state index in [9.17, 15) is 0 Å². The molecule has 0 bridgehead atoms. The Hall–Kier alpha value is -0.860. The number of rotatable bonds is 11. The molecule has 2 nitrogen and oxygen atoms in total. The molecule has 1 aromatic rings. The Labute approximate surface area is 151 Å². The Morgan fingerprint density at radius 3 is 2.00 bits per heavy atom. The van der Waals surface area contributed by atoms with Crippen molar-refractivity contribution in [3.63, 3.8) is 0 Å². The van der Waals surface area contributed by atoms with Crippen molar-refractivity contribution >= 4 is 0 Å². The maximum atomic E-state index is 4.98. The van der Waals surface area contributed by atoms with Crippen LogP contribution in [0.5, 0.6) is 0 Å². The van der Waals surface area contributed by atoms with Gasteiger partial charge in [0, 0.05) is 19.8 Å². The van der Waals surface area contributed by atoms with E-state index >= 15 is 0 Å². The van der Waals surface area contributed by atoms with Gasteiger partial charge < -0.3 is 10.1 Å². The molecule has 0 saturated heterocycles. The molecule has 0 aromatic heterocycles. The summed E-state index contributed by atoms with van der Waals surface area (Å²) in [7, 11) is 2.00. The first kappa shape index (κ1) is 23.1. The summed E-state index contributed by atoms with van der Waals surface area (Å²) in [4.78, 5) is 0. The molecule has 1 aromatic carbocycles. The van der Waals surface area contributed by atoms with Gasteiger partial charge in [0.05, 0.1) is 0 Å². The average molecular weight is 336 g/mol. The molecule has 0 radical (unpaired) electrons. The molecule has 0 fully saturated rings. The average Bonchev–Trinajstić information content (AvgIpc) is 2.58. The molecule has 140 valence electrons. The third-order valence-electron chi connectivity index (χ3n) is 4.11.